The minimum absolute atomic E-state index is 0.434. The molecule has 0 fully saturated rings. The highest BCUT2D eigenvalue weighted by molar-refractivity contribution is 6.02. The lowest BCUT2D eigenvalue weighted by molar-refractivity contribution is 1.12. The first kappa shape index (κ1) is 12.4. The number of aromatic nitrogens is 2. The second-order valence-corrected chi connectivity index (χ2v) is 4.89. The highest BCUT2D eigenvalue weighted by Gasteiger charge is 2.08. The van der Waals surface area contributed by atoms with Gasteiger partial charge in [-0.3, -0.25) is 9.98 Å². The summed E-state index contributed by atoms with van der Waals surface area (Å²) < 4.78 is 1.81. The number of para-hydroxylation sites is 2. The van der Waals surface area contributed by atoms with Crippen LogP contribution in [0.15, 0.2) is 54.9 Å². The van der Waals surface area contributed by atoms with Gasteiger partial charge in [0.15, 0.2) is 0 Å². The van der Waals surface area contributed by atoms with Crippen molar-refractivity contribution in [2.75, 3.05) is 19.0 Å². The van der Waals surface area contributed by atoms with Crippen LogP contribution >= 0.6 is 0 Å². The van der Waals surface area contributed by atoms with Gasteiger partial charge < -0.3 is 4.90 Å². The van der Waals surface area contributed by atoms with E-state index in [2.05, 4.69) is 4.98 Å². The predicted octanol–water partition coefficient (Wildman–Crippen LogP) is 2.98. The van der Waals surface area contributed by atoms with Gasteiger partial charge >= 0.3 is 0 Å². The third-order valence-corrected chi connectivity index (χ3v) is 3.35. The fourth-order valence-electron chi connectivity index (χ4n) is 2.19. The average molecular weight is 264 g/mol. The first-order chi connectivity index (χ1) is 9.66. The van der Waals surface area contributed by atoms with Crippen LogP contribution in [0.5, 0.6) is 0 Å². The molecule has 0 aliphatic rings. The Bertz CT molecular complexity index is 754. The Morgan fingerprint density at radius 1 is 1.05 bits per heavy atom. The highest BCUT2D eigenvalue weighted by atomic mass is 15.1. The Kier molecular flexibility index (Phi) is 2.99. The van der Waals surface area contributed by atoms with Crippen molar-refractivity contribution in [2.45, 2.75) is 0 Å². The summed E-state index contributed by atoms with van der Waals surface area (Å²) in [6, 6.07) is 15.8. The number of fused-ring (bicyclic) bond motifs is 1. The molecule has 20 heavy (non-hydrogen) atoms. The number of anilines is 1. The molecule has 0 amide bonds. The summed E-state index contributed by atoms with van der Waals surface area (Å²) in [7, 11) is 4.01. The SMILES string of the molecule is CN(C)c1ccc(C(=N)n2cnc3ccccc32)cc1. The number of nitrogens with zero attached hydrogens (tertiary/aromatic N) is 3. The summed E-state index contributed by atoms with van der Waals surface area (Å²) in [4.78, 5) is 6.37. The van der Waals surface area contributed by atoms with Crippen molar-refractivity contribution in [2.24, 2.45) is 0 Å². The van der Waals surface area contributed by atoms with Crippen molar-refractivity contribution in [1.82, 2.24) is 9.55 Å². The van der Waals surface area contributed by atoms with Crippen LogP contribution < -0.4 is 4.90 Å². The Hall–Kier alpha value is -2.62. The van der Waals surface area contributed by atoms with E-state index in [1.165, 1.54) is 0 Å². The summed E-state index contributed by atoms with van der Waals surface area (Å²) >= 11 is 0. The third kappa shape index (κ3) is 2.05. The zero-order valence-electron chi connectivity index (χ0n) is 11.5. The Labute approximate surface area is 117 Å². The minimum atomic E-state index is 0.434. The normalized spacial score (nSPS) is 10.7. The van der Waals surface area contributed by atoms with Gasteiger partial charge in [-0.05, 0) is 36.4 Å². The van der Waals surface area contributed by atoms with E-state index in [0.29, 0.717) is 5.84 Å². The van der Waals surface area contributed by atoms with E-state index in [1.807, 2.05) is 67.5 Å². The van der Waals surface area contributed by atoms with Gasteiger partial charge in [-0.1, -0.05) is 12.1 Å². The summed E-state index contributed by atoms with van der Waals surface area (Å²) in [5, 5.41) is 8.36. The fraction of sp³-hybridized carbons (Fsp3) is 0.125. The molecule has 0 aliphatic heterocycles. The number of hydrogen-bond donors (Lipinski definition) is 1. The lowest BCUT2D eigenvalue weighted by atomic mass is 10.1. The monoisotopic (exact) mass is 264 g/mol. The Morgan fingerprint density at radius 2 is 1.75 bits per heavy atom. The van der Waals surface area contributed by atoms with E-state index in [-0.39, 0.29) is 0 Å². The van der Waals surface area contributed by atoms with Gasteiger partial charge in [0, 0.05) is 25.3 Å². The van der Waals surface area contributed by atoms with Crippen molar-refractivity contribution in [3.05, 3.63) is 60.4 Å². The third-order valence-electron chi connectivity index (χ3n) is 3.35. The first-order valence-electron chi connectivity index (χ1n) is 6.45. The fourth-order valence-corrected chi connectivity index (χ4v) is 2.19. The van der Waals surface area contributed by atoms with Crippen LogP contribution in [-0.4, -0.2) is 29.5 Å². The number of rotatable bonds is 2. The molecular formula is C16H16N4. The maximum Gasteiger partial charge on any atom is 0.138 e. The van der Waals surface area contributed by atoms with Crippen molar-refractivity contribution in [1.29, 1.82) is 5.41 Å². The molecule has 4 nitrogen and oxygen atoms in total. The molecule has 4 heteroatoms. The number of imidazole rings is 1. The van der Waals surface area contributed by atoms with Crippen molar-refractivity contribution >= 4 is 22.6 Å². The summed E-state index contributed by atoms with van der Waals surface area (Å²) in [6.07, 6.45) is 1.70. The summed E-state index contributed by atoms with van der Waals surface area (Å²) in [5.41, 5.74) is 3.85. The van der Waals surface area contributed by atoms with E-state index in [0.717, 1.165) is 22.3 Å². The number of nitrogens with one attached hydrogen (secondary N) is 1. The Balaban J connectivity index is 2.00. The van der Waals surface area contributed by atoms with Gasteiger partial charge in [0.05, 0.1) is 11.0 Å². The second-order valence-electron chi connectivity index (χ2n) is 4.89. The molecule has 1 N–H and O–H groups in total. The van der Waals surface area contributed by atoms with Crippen LogP contribution in [-0.2, 0) is 0 Å². The van der Waals surface area contributed by atoms with Crippen LogP contribution in [0, 0.1) is 5.41 Å². The van der Waals surface area contributed by atoms with E-state index in [1.54, 1.807) is 10.9 Å². The lowest BCUT2D eigenvalue weighted by Crippen LogP contribution is -2.12. The molecule has 0 unspecified atom stereocenters. The predicted molar refractivity (Wildman–Crippen MR) is 82.7 cm³/mol. The largest absolute Gasteiger partial charge is 0.378 e. The molecule has 100 valence electrons. The lowest BCUT2D eigenvalue weighted by Gasteiger charge is -2.13. The summed E-state index contributed by atoms with van der Waals surface area (Å²) in [6.45, 7) is 0. The minimum Gasteiger partial charge on any atom is -0.378 e. The molecule has 2 aromatic carbocycles. The van der Waals surface area contributed by atoms with Gasteiger partial charge in [-0.2, -0.15) is 0 Å². The van der Waals surface area contributed by atoms with Crippen molar-refractivity contribution < 1.29 is 0 Å². The molecule has 1 aromatic heterocycles. The maximum absolute atomic E-state index is 8.36. The van der Waals surface area contributed by atoms with Crippen LogP contribution in [0.3, 0.4) is 0 Å². The molecule has 0 aliphatic carbocycles. The molecule has 0 bridgehead atoms. The van der Waals surface area contributed by atoms with Gasteiger partial charge in [0.2, 0.25) is 0 Å². The van der Waals surface area contributed by atoms with E-state index >= 15 is 0 Å². The van der Waals surface area contributed by atoms with Crippen molar-refractivity contribution in [3.8, 4) is 0 Å². The van der Waals surface area contributed by atoms with Crippen LogP contribution in [0.25, 0.3) is 11.0 Å². The van der Waals surface area contributed by atoms with Gasteiger partial charge in [-0.15, -0.1) is 0 Å². The van der Waals surface area contributed by atoms with E-state index in [4.69, 9.17) is 5.41 Å². The highest BCUT2D eigenvalue weighted by Crippen LogP contribution is 2.16. The topological polar surface area (TPSA) is 44.9 Å². The quantitative estimate of drug-likeness (QED) is 0.571. The molecule has 3 rings (SSSR count). The Morgan fingerprint density at radius 3 is 2.45 bits per heavy atom. The van der Waals surface area contributed by atoms with E-state index in [9.17, 15) is 0 Å². The van der Waals surface area contributed by atoms with E-state index < -0.39 is 0 Å². The molecule has 3 aromatic rings. The van der Waals surface area contributed by atoms with Gasteiger partial charge in [0.25, 0.3) is 0 Å². The van der Waals surface area contributed by atoms with Crippen LogP contribution in [0.4, 0.5) is 5.69 Å². The van der Waals surface area contributed by atoms with Crippen LogP contribution in [0.2, 0.25) is 0 Å². The molecule has 1 heterocycles. The molecule has 0 saturated carbocycles. The smallest absolute Gasteiger partial charge is 0.138 e. The van der Waals surface area contributed by atoms with Gasteiger partial charge in [-0.25, -0.2) is 4.98 Å². The zero-order chi connectivity index (χ0) is 14.1. The van der Waals surface area contributed by atoms with Crippen molar-refractivity contribution in [3.63, 3.8) is 0 Å². The molecular weight excluding hydrogens is 248 g/mol. The second kappa shape index (κ2) is 4.81. The van der Waals surface area contributed by atoms with Gasteiger partial charge in [0.1, 0.15) is 12.2 Å². The standard InChI is InChI=1S/C16H16N4/c1-19(2)13-9-7-12(8-10-13)16(17)20-11-18-14-5-3-4-6-15(14)20/h3-11,17H,1-2H3. The zero-order valence-corrected chi connectivity index (χ0v) is 11.5. The molecule has 0 spiro atoms. The number of benzene rings is 2. The summed E-state index contributed by atoms with van der Waals surface area (Å²) in [5.74, 6) is 0.434. The first-order valence-corrected chi connectivity index (χ1v) is 6.45. The maximum atomic E-state index is 8.36. The van der Waals surface area contributed by atoms with Crippen LogP contribution in [0.1, 0.15) is 5.56 Å². The average Bonchev–Trinajstić information content (AvgIpc) is 2.90. The molecule has 0 saturated heterocycles. The number of hydrogen-bond acceptors (Lipinski definition) is 3. The molecule has 0 radical (unpaired) electrons. The molecule has 0 atom stereocenters.